The Kier molecular flexibility index (Phi) is 4.88. The molecule has 1 unspecified atom stereocenters. The lowest BCUT2D eigenvalue weighted by Gasteiger charge is -2.24. The third kappa shape index (κ3) is 3.44. The van der Waals surface area contributed by atoms with Crippen LogP contribution in [0.3, 0.4) is 0 Å². The van der Waals surface area contributed by atoms with Gasteiger partial charge in [0.1, 0.15) is 11.5 Å². The zero-order valence-corrected chi connectivity index (χ0v) is 14.0. The summed E-state index contributed by atoms with van der Waals surface area (Å²) >= 11 is 1.38. The zero-order chi connectivity index (χ0) is 16.9. The third-order valence-electron chi connectivity index (χ3n) is 3.80. The number of carbonyl (C=O) groups excluding carboxylic acids is 1. The molecule has 1 aliphatic rings. The zero-order valence-electron chi connectivity index (χ0n) is 13.2. The van der Waals surface area contributed by atoms with E-state index in [1.807, 2.05) is 60.9 Å². The van der Waals surface area contributed by atoms with E-state index in [9.17, 15) is 10.1 Å². The van der Waals surface area contributed by atoms with E-state index >= 15 is 0 Å². The Morgan fingerprint density at radius 3 is 2.62 bits per heavy atom. The Labute approximate surface area is 145 Å². The quantitative estimate of drug-likeness (QED) is 0.910. The van der Waals surface area contributed by atoms with Crippen LogP contribution in [-0.2, 0) is 4.79 Å². The molecule has 0 saturated heterocycles. The van der Waals surface area contributed by atoms with E-state index in [0.717, 1.165) is 11.3 Å². The topological polar surface area (TPSA) is 62.1 Å². The van der Waals surface area contributed by atoms with Gasteiger partial charge >= 0.3 is 0 Å². The van der Waals surface area contributed by atoms with Crippen LogP contribution in [0, 0.1) is 11.3 Å². The number of nitrogens with one attached hydrogen (secondary N) is 1. The monoisotopic (exact) mass is 336 g/mol. The molecule has 24 heavy (non-hydrogen) atoms. The number of nitrogens with zero attached hydrogens (tertiary/aromatic N) is 1. The maximum Gasteiger partial charge on any atom is 0.225 e. The van der Waals surface area contributed by atoms with Crippen LogP contribution >= 0.6 is 11.8 Å². The standard InChI is InChI=1S/C19H16N2O2S/c1-24-19-17(12-20)16(11-18(22)21-19)13-6-5-9-15(10-13)23-14-7-3-2-4-8-14/h2-10,16H,11H2,1H3,(H,21,22). The van der Waals surface area contributed by atoms with E-state index in [-0.39, 0.29) is 18.2 Å². The van der Waals surface area contributed by atoms with Crippen LogP contribution in [0.25, 0.3) is 0 Å². The molecule has 3 rings (SSSR count). The third-order valence-corrected chi connectivity index (χ3v) is 4.53. The number of thioether (sulfide) groups is 1. The van der Waals surface area contributed by atoms with Crippen molar-refractivity contribution in [3.63, 3.8) is 0 Å². The number of hydrogen-bond acceptors (Lipinski definition) is 4. The van der Waals surface area contributed by atoms with Crippen LogP contribution in [0.15, 0.2) is 65.2 Å². The van der Waals surface area contributed by atoms with Crippen LogP contribution in [0.1, 0.15) is 17.9 Å². The summed E-state index contributed by atoms with van der Waals surface area (Å²) in [5.41, 5.74) is 1.50. The first-order valence-corrected chi connectivity index (χ1v) is 8.74. The normalized spacial score (nSPS) is 17.2. The predicted molar refractivity (Wildman–Crippen MR) is 94.6 cm³/mol. The van der Waals surface area contributed by atoms with Gasteiger partial charge in [0.15, 0.2) is 0 Å². The average molecular weight is 336 g/mol. The fourth-order valence-corrected chi connectivity index (χ4v) is 3.31. The number of benzene rings is 2. The summed E-state index contributed by atoms with van der Waals surface area (Å²) in [4.78, 5) is 12.0. The Bertz CT molecular complexity index is 825. The molecular formula is C19H16N2O2S. The molecule has 1 amide bonds. The maximum atomic E-state index is 12.0. The Morgan fingerprint density at radius 1 is 1.17 bits per heavy atom. The minimum Gasteiger partial charge on any atom is -0.457 e. The van der Waals surface area contributed by atoms with Gasteiger partial charge in [-0.3, -0.25) is 4.79 Å². The van der Waals surface area contributed by atoms with Crippen molar-refractivity contribution < 1.29 is 9.53 Å². The second kappa shape index (κ2) is 7.24. The van der Waals surface area contributed by atoms with Gasteiger partial charge in [-0.05, 0) is 36.1 Å². The molecule has 0 aromatic heterocycles. The summed E-state index contributed by atoms with van der Waals surface area (Å²) < 4.78 is 5.85. The fraction of sp³-hybridized carbons (Fsp3) is 0.158. The van der Waals surface area contributed by atoms with Gasteiger partial charge in [0.2, 0.25) is 5.91 Å². The van der Waals surface area contributed by atoms with Gasteiger partial charge in [0.05, 0.1) is 16.7 Å². The van der Waals surface area contributed by atoms with Gasteiger partial charge < -0.3 is 10.1 Å². The molecule has 2 aromatic rings. The predicted octanol–water partition coefficient (Wildman–Crippen LogP) is 4.18. The molecule has 0 saturated carbocycles. The molecule has 0 aliphatic carbocycles. The minimum atomic E-state index is -0.245. The minimum absolute atomic E-state index is 0.0715. The first kappa shape index (κ1) is 16.2. The van der Waals surface area contributed by atoms with E-state index in [4.69, 9.17) is 4.74 Å². The highest BCUT2D eigenvalue weighted by Gasteiger charge is 2.29. The van der Waals surface area contributed by atoms with Gasteiger partial charge in [-0.1, -0.05) is 30.3 Å². The number of para-hydroxylation sites is 1. The lowest BCUT2D eigenvalue weighted by atomic mass is 9.87. The number of hydrogen-bond donors (Lipinski definition) is 1. The molecule has 2 aromatic carbocycles. The highest BCUT2D eigenvalue weighted by Crippen LogP contribution is 2.36. The molecule has 4 nitrogen and oxygen atoms in total. The Morgan fingerprint density at radius 2 is 1.92 bits per heavy atom. The smallest absolute Gasteiger partial charge is 0.225 e. The van der Waals surface area contributed by atoms with E-state index < -0.39 is 0 Å². The first-order chi connectivity index (χ1) is 11.7. The second-order valence-corrected chi connectivity index (χ2v) is 6.17. The Balaban J connectivity index is 1.93. The molecular weight excluding hydrogens is 320 g/mol. The van der Waals surface area contributed by atoms with Crippen molar-refractivity contribution in [2.24, 2.45) is 0 Å². The highest BCUT2D eigenvalue weighted by molar-refractivity contribution is 8.02. The Hall–Kier alpha value is -2.71. The molecule has 1 N–H and O–H groups in total. The number of ether oxygens (including phenoxy) is 1. The maximum absolute atomic E-state index is 12.0. The van der Waals surface area contributed by atoms with Gasteiger partial charge in [0, 0.05) is 12.3 Å². The molecule has 5 heteroatoms. The molecule has 0 fully saturated rings. The fourth-order valence-electron chi connectivity index (χ4n) is 2.68. The van der Waals surface area contributed by atoms with E-state index in [1.165, 1.54) is 11.8 Å². The van der Waals surface area contributed by atoms with Gasteiger partial charge in [-0.25, -0.2) is 0 Å². The lowest BCUT2D eigenvalue weighted by Crippen LogP contribution is -2.30. The second-order valence-electron chi connectivity index (χ2n) is 5.35. The van der Waals surface area contributed by atoms with Crippen molar-refractivity contribution >= 4 is 17.7 Å². The summed E-state index contributed by atoms with van der Waals surface area (Å²) in [6.07, 6.45) is 2.12. The van der Waals surface area contributed by atoms with Gasteiger partial charge in [0.25, 0.3) is 0 Å². The molecule has 1 aliphatic heterocycles. The molecule has 0 bridgehead atoms. The van der Waals surface area contributed by atoms with E-state index in [1.54, 1.807) is 0 Å². The number of rotatable bonds is 4. The number of allylic oxidation sites excluding steroid dienone is 1. The largest absolute Gasteiger partial charge is 0.457 e. The summed E-state index contributed by atoms with van der Waals surface area (Å²) in [5, 5.41) is 12.9. The summed E-state index contributed by atoms with van der Waals surface area (Å²) in [6, 6.07) is 19.3. The lowest BCUT2D eigenvalue weighted by molar-refractivity contribution is -0.120. The number of carbonyl (C=O) groups is 1. The molecule has 0 radical (unpaired) electrons. The highest BCUT2D eigenvalue weighted by atomic mass is 32.2. The van der Waals surface area contributed by atoms with Crippen molar-refractivity contribution in [3.8, 4) is 17.6 Å². The van der Waals surface area contributed by atoms with Crippen LogP contribution in [-0.4, -0.2) is 12.2 Å². The summed E-state index contributed by atoms with van der Waals surface area (Å²) in [5.74, 6) is 1.12. The van der Waals surface area contributed by atoms with E-state index in [0.29, 0.717) is 16.4 Å². The van der Waals surface area contributed by atoms with Crippen molar-refractivity contribution in [1.29, 1.82) is 5.26 Å². The van der Waals surface area contributed by atoms with E-state index in [2.05, 4.69) is 11.4 Å². The summed E-state index contributed by atoms with van der Waals surface area (Å²) in [7, 11) is 0. The molecule has 120 valence electrons. The number of amides is 1. The van der Waals surface area contributed by atoms with Crippen molar-refractivity contribution in [2.75, 3.05) is 6.26 Å². The van der Waals surface area contributed by atoms with Crippen LogP contribution in [0.2, 0.25) is 0 Å². The van der Waals surface area contributed by atoms with Crippen molar-refractivity contribution in [3.05, 3.63) is 70.8 Å². The molecule has 1 heterocycles. The molecule has 0 spiro atoms. The van der Waals surface area contributed by atoms with Crippen LogP contribution in [0.5, 0.6) is 11.5 Å². The average Bonchev–Trinajstić information content (AvgIpc) is 2.62. The SMILES string of the molecule is CSC1=C(C#N)C(c2cccc(Oc3ccccc3)c2)CC(=O)N1. The van der Waals surface area contributed by atoms with Crippen LogP contribution in [0.4, 0.5) is 0 Å². The van der Waals surface area contributed by atoms with Gasteiger partial charge in [-0.2, -0.15) is 5.26 Å². The molecule has 1 atom stereocenters. The van der Waals surface area contributed by atoms with Gasteiger partial charge in [-0.15, -0.1) is 11.8 Å². The summed E-state index contributed by atoms with van der Waals surface area (Å²) in [6.45, 7) is 0. The number of nitriles is 1. The van der Waals surface area contributed by atoms with Crippen LogP contribution < -0.4 is 10.1 Å². The van der Waals surface area contributed by atoms with Crippen molar-refractivity contribution in [1.82, 2.24) is 5.32 Å². The van der Waals surface area contributed by atoms with Crippen molar-refractivity contribution in [2.45, 2.75) is 12.3 Å². The first-order valence-electron chi connectivity index (χ1n) is 7.52.